The summed E-state index contributed by atoms with van der Waals surface area (Å²) in [6, 6.07) is 5.29. The average Bonchev–Trinajstić information content (AvgIpc) is 2.92. The van der Waals surface area contributed by atoms with Crippen LogP contribution in [-0.2, 0) is 0 Å². The van der Waals surface area contributed by atoms with Crippen molar-refractivity contribution >= 4 is 5.91 Å². The zero-order valence-corrected chi connectivity index (χ0v) is 13.4. The lowest BCUT2D eigenvalue weighted by atomic mass is 10.00. The van der Waals surface area contributed by atoms with Gasteiger partial charge >= 0.3 is 0 Å². The summed E-state index contributed by atoms with van der Waals surface area (Å²) in [7, 11) is 0. The normalized spacial score (nSPS) is 27.4. The van der Waals surface area contributed by atoms with Gasteiger partial charge in [-0.05, 0) is 30.7 Å². The summed E-state index contributed by atoms with van der Waals surface area (Å²) in [5.41, 5.74) is -0.708. The Hall–Kier alpha value is -1.60. The second-order valence-electron chi connectivity index (χ2n) is 6.84. The van der Waals surface area contributed by atoms with E-state index in [0.29, 0.717) is 18.5 Å². The van der Waals surface area contributed by atoms with Crippen molar-refractivity contribution in [3.63, 3.8) is 0 Å². The minimum atomic E-state index is -2.61. The van der Waals surface area contributed by atoms with Crippen LogP contribution in [0.15, 0.2) is 24.3 Å². The minimum Gasteiger partial charge on any atom is -0.387 e. The van der Waals surface area contributed by atoms with E-state index < -0.39 is 17.3 Å². The standard InChI is InChI=1S/C17H21F3N2O2/c18-14-3-1-13(2-4-14)15(23)22-10-5-16(24,12-22)11-21-8-6-17(19,20)7-9-21/h1-4,24H,5-12H2. The molecule has 0 spiro atoms. The van der Waals surface area contributed by atoms with E-state index in [9.17, 15) is 23.1 Å². The van der Waals surface area contributed by atoms with Gasteiger partial charge in [0.05, 0.1) is 12.1 Å². The first-order chi connectivity index (χ1) is 11.3. The molecule has 2 saturated heterocycles. The molecule has 0 saturated carbocycles. The molecule has 7 heteroatoms. The van der Waals surface area contributed by atoms with Crippen LogP contribution >= 0.6 is 0 Å². The highest BCUT2D eigenvalue weighted by atomic mass is 19.3. The van der Waals surface area contributed by atoms with Crippen molar-refractivity contribution in [1.29, 1.82) is 0 Å². The van der Waals surface area contributed by atoms with E-state index in [2.05, 4.69) is 0 Å². The van der Waals surface area contributed by atoms with Crippen LogP contribution in [-0.4, -0.2) is 65.1 Å². The first kappa shape index (κ1) is 17.2. The van der Waals surface area contributed by atoms with E-state index in [4.69, 9.17) is 0 Å². The van der Waals surface area contributed by atoms with Crippen LogP contribution in [0.1, 0.15) is 29.6 Å². The molecule has 132 valence electrons. The van der Waals surface area contributed by atoms with Crippen molar-refractivity contribution < 1.29 is 23.1 Å². The number of halogens is 3. The molecule has 2 aliphatic heterocycles. The third kappa shape index (κ3) is 3.89. The molecule has 1 atom stereocenters. The van der Waals surface area contributed by atoms with Gasteiger partial charge in [-0.25, -0.2) is 13.2 Å². The van der Waals surface area contributed by atoms with Gasteiger partial charge in [-0.1, -0.05) is 0 Å². The number of amides is 1. The summed E-state index contributed by atoms with van der Waals surface area (Å²) in [5, 5.41) is 10.7. The number of hydrogen-bond donors (Lipinski definition) is 1. The first-order valence-electron chi connectivity index (χ1n) is 8.14. The van der Waals surface area contributed by atoms with E-state index in [1.165, 1.54) is 29.2 Å². The topological polar surface area (TPSA) is 43.8 Å². The largest absolute Gasteiger partial charge is 0.387 e. The number of alkyl halides is 2. The third-order valence-electron chi connectivity index (χ3n) is 4.82. The Morgan fingerprint density at radius 1 is 1.08 bits per heavy atom. The Kier molecular flexibility index (Phi) is 4.57. The van der Waals surface area contributed by atoms with Crippen molar-refractivity contribution in [1.82, 2.24) is 9.80 Å². The SMILES string of the molecule is O=C(c1ccc(F)cc1)N1CCC(O)(CN2CCC(F)(F)CC2)C1. The summed E-state index contributed by atoms with van der Waals surface area (Å²) in [5.74, 6) is -3.28. The van der Waals surface area contributed by atoms with Crippen LogP contribution in [0.3, 0.4) is 0 Å². The maximum atomic E-state index is 13.2. The zero-order chi connectivity index (χ0) is 17.4. The van der Waals surface area contributed by atoms with Gasteiger partial charge < -0.3 is 10.0 Å². The van der Waals surface area contributed by atoms with E-state index >= 15 is 0 Å². The lowest BCUT2D eigenvalue weighted by Gasteiger charge is -2.36. The summed E-state index contributed by atoms with van der Waals surface area (Å²) < 4.78 is 39.3. The maximum absolute atomic E-state index is 13.2. The predicted molar refractivity (Wildman–Crippen MR) is 82.5 cm³/mol. The summed E-state index contributed by atoms with van der Waals surface area (Å²) in [4.78, 5) is 15.8. The lowest BCUT2D eigenvalue weighted by Crippen LogP contribution is -2.49. The summed E-state index contributed by atoms with van der Waals surface area (Å²) in [6.07, 6.45) is 0.0233. The molecule has 1 N–H and O–H groups in total. The van der Waals surface area contributed by atoms with Crippen LogP contribution < -0.4 is 0 Å². The molecule has 0 aliphatic carbocycles. The second kappa shape index (κ2) is 6.37. The van der Waals surface area contributed by atoms with E-state index in [1.807, 2.05) is 4.90 Å². The van der Waals surface area contributed by atoms with Gasteiger partial charge in [0, 0.05) is 44.6 Å². The van der Waals surface area contributed by atoms with Gasteiger partial charge in [0.15, 0.2) is 0 Å². The van der Waals surface area contributed by atoms with Crippen molar-refractivity contribution in [2.24, 2.45) is 0 Å². The number of aliphatic hydroxyl groups is 1. The van der Waals surface area contributed by atoms with Crippen LogP contribution in [0.2, 0.25) is 0 Å². The Labute approximate surface area is 138 Å². The maximum Gasteiger partial charge on any atom is 0.253 e. The number of rotatable bonds is 3. The van der Waals surface area contributed by atoms with Gasteiger partial charge in [-0.2, -0.15) is 0 Å². The molecule has 2 heterocycles. The number of benzene rings is 1. The van der Waals surface area contributed by atoms with Crippen molar-refractivity contribution in [3.8, 4) is 0 Å². The second-order valence-corrected chi connectivity index (χ2v) is 6.84. The number of carbonyl (C=O) groups is 1. The van der Waals surface area contributed by atoms with E-state index in [0.717, 1.165) is 0 Å². The molecular weight excluding hydrogens is 321 g/mol. The molecule has 1 aromatic carbocycles. The third-order valence-corrected chi connectivity index (χ3v) is 4.82. The molecular formula is C17H21F3N2O2. The van der Waals surface area contributed by atoms with Crippen LogP contribution in [0.4, 0.5) is 13.2 Å². The quantitative estimate of drug-likeness (QED) is 0.915. The molecule has 4 nitrogen and oxygen atoms in total. The molecule has 0 aromatic heterocycles. The van der Waals surface area contributed by atoms with Crippen LogP contribution in [0.5, 0.6) is 0 Å². The Balaban J connectivity index is 1.57. The average molecular weight is 342 g/mol. The molecule has 0 bridgehead atoms. The fourth-order valence-corrected chi connectivity index (χ4v) is 3.39. The fourth-order valence-electron chi connectivity index (χ4n) is 3.39. The fraction of sp³-hybridized carbons (Fsp3) is 0.588. The monoisotopic (exact) mass is 342 g/mol. The van der Waals surface area contributed by atoms with E-state index in [1.54, 1.807) is 0 Å². The molecule has 1 aromatic rings. The number of nitrogens with zero attached hydrogens (tertiary/aromatic N) is 2. The van der Waals surface area contributed by atoms with Crippen LogP contribution in [0.25, 0.3) is 0 Å². The molecule has 2 aliphatic rings. The molecule has 24 heavy (non-hydrogen) atoms. The van der Waals surface area contributed by atoms with Crippen molar-refractivity contribution in [3.05, 3.63) is 35.6 Å². The first-order valence-corrected chi connectivity index (χ1v) is 8.14. The predicted octanol–water partition coefficient (Wildman–Crippen LogP) is 2.13. The Bertz CT molecular complexity index is 598. The number of β-amino-alcohol motifs (C(OH)–C–C–N with tert-alkyl or cyclic N) is 1. The van der Waals surface area contributed by atoms with E-state index in [-0.39, 0.29) is 44.9 Å². The highest BCUT2D eigenvalue weighted by molar-refractivity contribution is 5.94. The van der Waals surface area contributed by atoms with Crippen molar-refractivity contribution in [2.45, 2.75) is 30.8 Å². The number of piperidine rings is 1. The molecule has 1 amide bonds. The van der Waals surface area contributed by atoms with Gasteiger partial charge in [0.25, 0.3) is 11.8 Å². The van der Waals surface area contributed by atoms with Gasteiger partial charge in [-0.15, -0.1) is 0 Å². The number of hydrogen-bond acceptors (Lipinski definition) is 3. The van der Waals surface area contributed by atoms with Crippen molar-refractivity contribution in [2.75, 3.05) is 32.7 Å². The van der Waals surface area contributed by atoms with Gasteiger partial charge in [-0.3, -0.25) is 9.69 Å². The molecule has 2 fully saturated rings. The molecule has 3 rings (SSSR count). The molecule has 0 radical (unpaired) electrons. The highest BCUT2D eigenvalue weighted by Crippen LogP contribution is 2.30. The number of carbonyl (C=O) groups excluding carboxylic acids is 1. The van der Waals surface area contributed by atoms with Gasteiger partial charge in [0.2, 0.25) is 0 Å². The minimum absolute atomic E-state index is 0.163. The lowest BCUT2D eigenvalue weighted by molar-refractivity contribution is -0.0720. The highest BCUT2D eigenvalue weighted by Gasteiger charge is 2.42. The molecule has 1 unspecified atom stereocenters. The smallest absolute Gasteiger partial charge is 0.253 e. The summed E-state index contributed by atoms with van der Waals surface area (Å²) >= 11 is 0. The Morgan fingerprint density at radius 2 is 1.71 bits per heavy atom. The van der Waals surface area contributed by atoms with Gasteiger partial charge in [0.1, 0.15) is 5.82 Å². The summed E-state index contributed by atoms with van der Waals surface area (Å²) in [6.45, 7) is 1.35. The zero-order valence-electron chi connectivity index (χ0n) is 13.4. The number of likely N-dealkylation sites (tertiary alicyclic amines) is 2. The van der Waals surface area contributed by atoms with Crippen LogP contribution in [0, 0.1) is 5.82 Å². The Morgan fingerprint density at radius 3 is 2.33 bits per heavy atom.